The maximum atomic E-state index is 13.6. The summed E-state index contributed by atoms with van der Waals surface area (Å²) in [5.41, 5.74) is 0.966. The average Bonchev–Trinajstić information content (AvgIpc) is 2.60. The van der Waals surface area contributed by atoms with Crippen LogP contribution in [0.5, 0.6) is 5.75 Å². The topological polar surface area (TPSA) is 42.0 Å². The van der Waals surface area contributed by atoms with Gasteiger partial charge in [0.25, 0.3) is 0 Å². The lowest BCUT2D eigenvalue weighted by atomic mass is 9.85. The minimum absolute atomic E-state index is 0.0783. The second kappa shape index (κ2) is 7.49. The summed E-state index contributed by atoms with van der Waals surface area (Å²) in [6.07, 6.45) is 2.01. The van der Waals surface area contributed by atoms with Crippen molar-refractivity contribution in [3.05, 3.63) is 29.6 Å². The van der Waals surface area contributed by atoms with Crippen LogP contribution < -0.4 is 4.74 Å². The number of carbonyl (C=O) groups is 1. The SMILES string of the molecule is COCCN1C[C@H]2CCN(Cc3ccc(F)c(OC)c3)[C@H](C2)C1=O. The van der Waals surface area contributed by atoms with Gasteiger partial charge >= 0.3 is 0 Å². The van der Waals surface area contributed by atoms with Crippen molar-refractivity contribution >= 4 is 5.91 Å². The van der Waals surface area contributed by atoms with Crippen molar-refractivity contribution in [3.63, 3.8) is 0 Å². The molecule has 0 radical (unpaired) electrons. The van der Waals surface area contributed by atoms with Crippen LogP contribution in [0.1, 0.15) is 18.4 Å². The zero-order valence-electron chi connectivity index (χ0n) is 14.3. The third-order valence-electron chi connectivity index (χ3n) is 5.06. The van der Waals surface area contributed by atoms with Crippen LogP contribution in [0.15, 0.2) is 18.2 Å². The number of piperidine rings is 2. The number of ether oxygens (including phenoxy) is 2. The van der Waals surface area contributed by atoms with Crippen LogP contribution in [-0.2, 0) is 16.1 Å². The Morgan fingerprint density at radius 2 is 2.17 bits per heavy atom. The van der Waals surface area contributed by atoms with Crippen molar-refractivity contribution in [2.45, 2.75) is 25.4 Å². The van der Waals surface area contributed by atoms with Crippen LogP contribution in [0.25, 0.3) is 0 Å². The molecule has 0 unspecified atom stereocenters. The number of hydrogen-bond acceptors (Lipinski definition) is 4. The lowest BCUT2D eigenvalue weighted by Crippen LogP contribution is -2.58. The van der Waals surface area contributed by atoms with Crippen molar-refractivity contribution in [2.75, 3.05) is 40.5 Å². The van der Waals surface area contributed by atoms with Gasteiger partial charge in [0.15, 0.2) is 11.6 Å². The Balaban J connectivity index is 1.71. The van der Waals surface area contributed by atoms with Crippen LogP contribution in [-0.4, -0.2) is 62.2 Å². The maximum Gasteiger partial charge on any atom is 0.240 e. The normalized spacial score (nSPS) is 24.3. The van der Waals surface area contributed by atoms with Gasteiger partial charge in [-0.3, -0.25) is 9.69 Å². The maximum absolute atomic E-state index is 13.6. The Morgan fingerprint density at radius 3 is 2.92 bits per heavy atom. The molecule has 0 aromatic heterocycles. The molecule has 3 rings (SSSR count). The molecule has 2 heterocycles. The molecule has 1 aromatic carbocycles. The van der Waals surface area contributed by atoms with E-state index in [0.717, 1.165) is 31.5 Å². The highest BCUT2D eigenvalue weighted by Crippen LogP contribution is 2.31. The molecule has 0 spiro atoms. The second-order valence-electron chi connectivity index (χ2n) is 6.62. The highest BCUT2D eigenvalue weighted by Gasteiger charge is 2.40. The first-order valence-corrected chi connectivity index (χ1v) is 8.46. The van der Waals surface area contributed by atoms with Crippen LogP contribution in [0.4, 0.5) is 4.39 Å². The van der Waals surface area contributed by atoms with Crippen LogP contribution in [0.2, 0.25) is 0 Å². The first-order chi connectivity index (χ1) is 11.6. The summed E-state index contributed by atoms with van der Waals surface area (Å²) in [5.74, 6) is 0.652. The minimum atomic E-state index is -0.362. The fraction of sp³-hybridized carbons (Fsp3) is 0.611. The van der Waals surface area contributed by atoms with E-state index >= 15 is 0 Å². The van der Waals surface area contributed by atoms with Gasteiger partial charge in [0, 0.05) is 26.7 Å². The van der Waals surface area contributed by atoms with Crippen LogP contribution in [0.3, 0.4) is 0 Å². The molecule has 2 fully saturated rings. The molecule has 0 N–H and O–H groups in total. The van der Waals surface area contributed by atoms with E-state index in [2.05, 4.69) is 4.90 Å². The van der Waals surface area contributed by atoms with Crippen LogP contribution >= 0.6 is 0 Å². The average molecular weight is 336 g/mol. The van der Waals surface area contributed by atoms with Crippen molar-refractivity contribution in [1.29, 1.82) is 0 Å². The molecule has 5 nitrogen and oxygen atoms in total. The van der Waals surface area contributed by atoms with Crippen molar-refractivity contribution in [2.24, 2.45) is 5.92 Å². The number of halogens is 1. The summed E-state index contributed by atoms with van der Waals surface area (Å²) < 4.78 is 23.7. The number of rotatable bonds is 6. The van der Waals surface area contributed by atoms with Gasteiger partial charge in [-0.2, -0.15) is 0 Å². The number of hydrogen-bond donors (Lipinski definition) is 0. The molecule has 24 heavy (non-hydrogen) atoms. The summed E-state index contributed by atoms with van der Waals surface area (Å²) in [7, 11) is 3.12. The van der Waals surface area contributed by atoms with Gasteiger partial charge in [0.1, 0.15) is 0 Å². The quantitative estimate of drug-likeness (QED) is 0.796. The van der Waals surface area contributed by atoms with Gasteiger partial charge in [0.05, 0.1) is 19.8 Å². The molecule has 2 bridgehead atoms. The van der Waals surface area contributed by atoms with E-state index in [1.54, 1.807) is 19.2 Å². The monoisotopic (exact) mass is 336 g/mol. The Labute approximate surface area is 142 Å². The zero-order chi connectivity index (χ0) is 17.1. The molecule has 2 aliphatic heterocycles. The van der Waals surface area contributed by atoms with Gasteiger partial charge < -0.3 is 14.4 Å². The molecule has 132 valence electrons. The molecule has 1 aromatic rings. The summed E-state index contributed by atoms with van der Waals surface area (Å²) in [6.45, 7) is 3.61. The number of likely N-dealkylation sites (tertiary alicyclic amines) is 2. The summed E-state index contributed by atoms with van der Waals surface area (Å²) in [4.78, 5) is 16.9. The third-order valence-corrected chi connectivity index (χ3v) is 5.06. The lowest BCUT2D eigenvalue weighted by Gasteiger charge is -2.46. The first-order valence-electron chi connectivity index (χ1n) is 8.46. The van der Waals surface area contributed by atoms with Gasteiger partial charge in [-0.1, -0.05) is 6.07 Å². The molecule has 0 aliphatic carbocycles. The summed E-state index contributed by atoms with van der Waals surface area (Å²) in [6, 6.07) is 4.83. The smallest absolute Gasteiger partial charge is 0.240 e. The van der Waals surface area contributed by atoms with Gasteiger partial charge in [-0.05, 0) is 43.0 Å². The van der Waals surface area contributed by atoms with Gasteiger partial charge in [-0.25, -0.2) is 4.39 Å². The van der Waals surface area contributed by atoms with E-state index < -0.39 is 0 Å². The molecule has 2 atom stereocenters. The van der Waals surface area contributed by atoms with E-state index in [0.29, 0.717) is 25.6 Å². The number of amides is 1. The molecular weight excluding hydrogens is 311 g/mol. The lowest BCUT2D eigenvalue weighted by molar-refractivity contribution is -0.146. The molecule has 2 aliphatic rings. The predicted octanol–water partition coefficient (Wildman–Crippen LogP) is 1.90. The molecule has 0 saturated carbocycles. The Morgan fingerprint density at radius 1 is 1.33 bits per heavy atom. The van der Waals surface area contributed by atoms with E-state index in [1.165, 1.54) is 13.2 Å². The first kappa shape index (κ1) is 17.2. The van der Waals surface area contributed by atoms with Gasteiger partial charge in [-0.15, -0.1) is 0 Å². The minimum Gasteiger partial charge on any atom is -0.494 e. The second-order valence-corrected chi connectivity index (χ2v) is 6.62. The Kier molecular flexibility index (Phi) is 5.36. The number of methoxy groups -OCH3 is 2. The highest BCUT2D eigenvalue weighted by molar-refractivity contribution is 5.83. The fourth-order valence-corrected chi connectivity index (χ4v) is 3.75. The van der Waals surface area contributed by atoms with Crippen molar-refractivity contribution < 1.29 is 18.7 Å². The number of nitrogens with zero attached hydrogens (tertiary/aromatic N) is 2. The Bertz CT molecular complexity index is 596. The predicted molar refractivity (Wildman–Crippen MR) is 88.3 cm³/mol. The Hall–Kier alpha value is -1.66. The van der Waals surface area contributed by atoms with Crippen molar-refractivity contribution in [1.82, 2.24) is 9.80 Å². The highest BCUT2D eigenvalue weighted by atomic mass is 19.1. The molecule has 6 heteroatoms. The summed E-state index contributed by atoms with van der Waals surface area (Å²) in [5, 5.41) is 0. The molecule has 1 amide bonds. The number of fused-ring (bicyclic) bond motifs is 2. The zero-order valence-corrected chi connectivity index (χ0v) is 14.3. The number of benzene rings is 1. The van der Waals surface area contributed by atoms with E-state index in [1.807, 2.05) is 4.90 Å². The van der Waals surface area contributed by atoms with E-state index in [9.17, 15) is 9.18 Å². The van der Waals surface area contributed by atoms with E-state index in [4.69, 9.17) is 9.47 Å². The summed E-state index contributed by atoms with van der Waals surface area (Å²) >= 11 is 0. The van der Waals surface area contributed by atoms with Gasteiger partial charge in [0.2, 0.25) is 5.91 Å². The standard InChI is InChI=1S/C18H25FN2O3/c1-23-8-7-21-12-14-5-6-20(16(9-14)18(21)22)11-13-3-4-15(19)17(10-13)24-2/h3-4,10,14,16H,5-9,11-12H2,1-2H3/t14-,16+/m0/s1. The van der Waals surface area contributed by atoms with E-state index in [-0.39, 0.29) is 23.5 Å². The van der Waals surface area contributed by atoms with Crippen molar-refractivity contribution in [3.8, 4) is 5.75 Å². The molecular formula is C18H25FN2O3. The fourth-order valence-electron chi connectivity index (χ4n) is 3.75. The number of carbonyl (C=O) groups excluding carboxylic acids is 1. The third kappa shape index (κ3) is 3.54. The van der Waals surface area contributed by atoms with Crippen LogP contribution in [0, 0.1) is 11.7 Å². The molecule has 2 saturated heterocycles. The largest absolute Gasteiger partial charge is 0.494 e.